The van der Waals surface area contributed by atoms with E-state index in [-0.39, 0.29) is 37.5 Å². The lowest BCUT2D eigenvalue weighted by Gasteiger charge is -2.18. The van der Waals surface area contributed by atoms with Gasteiger partial charge in [0.05, 0.1) is 0 Å². The molecule has 1 atom stereocenters. The van der Waals surface area contributed by atoms with E-state index in [0.717, 1.165) is 128 Å². The predicted molar refractivity (Wildman–Crippen MR) is 292 cm³/mol. The van der Waals surface area contributed by atoms with Crippen molar-refractivity contribution in [3.63, 3.8) is 0 Å². The molecule has 0 fully saturated rings. The van der Waals surface area contributed by atoms with Gasteiger partial charge in [0.2, 0.25) is 0 Å². The molecule has 6 heteroatoms. The number of unbranched alkanes of at least 4 members (excludes halogenated alkanes) is 14. The highest BCUT2D eigenvalue weighted by molar-refractivity contribution is 5.71. The fraction of sp³-hybridized carbons (Fsp3) is 0.597. The van der Waals surface area contributed by atoms with Crippen LogP contribution in [0.4, 0.5) is 0 Å². The van der Waals surface area contributed by atoms with Crippen LogP contribution in [0.3, 0.4) is 0 Å². The Kier molecular flexibility index (Phi) is 51.5. The van der Waals surface area contributed by atoms with Crippen molar-refractivity contribution in [2.24, 2.45) is 0 Å². The van der Waals surface area contributed by atoms with Gasteiger partial charge in [-0.05, 0) is 109 Å². The Bertz CT molecular complexity index is 1500. The molecule has 0 aromatic heterocycles. The zero-order valence-electron chi connectivity index (χ0n) is 43.6. The Labute approximate surface area is 417 Å². The predicted octanol–water partition coefficient (Wildman–Crippen LogP) is 18.3. The Hall–Kier alpha value is -4.45. The van der Waals surface area contributed by atoms with E-state index in [0.29, 0.717) is 19.3 Å². The van der Waals surface area contributed by atoms with E-state index in [1.165, 1.54) is 44.9 Å². The van der Waals surface area contributed by atoms with Gasteiger partial charge in [-0.2, -0.15) is 0 Å². The van der Waals surface area contributed by atoms with Crippen LogP contribution >= 0.6 is 0 Å². The van der Waals surface area contributed by atoms with E-state index in [1.54, 1.807) is 0 Å². The van der Waals surface area contributed by atoms with Crippen molar-refractivity contribution in [1.82, 2.24) is 0 Å². The summed E-state index contributed by atoms with van der Waals surface area (Å²) < 4.78 is 16.7. The number of carbonyl (C=O) groups is 3. The molecule has 0 radical (unpaired) electrons. The summed E-state index contributed by atoms with van der Waals surface area (Å²) in [4.78, 5) is 37.9. The summed E-state index contributed by atoms with van der Waals surface area (Å²) in [6.07, 6.45) is 77.4. The molecule has 0 saturated carbocycles. The highest BCUT2D eigenvalue weighted by atomic mass is 16.6. The van der Waals surface area contributed by atoms with Crippen LogP contribution in [0.2, 0.25) is 0 Å². The average Bonchev–Trinajstić information content (AvgIpc) is 3.34. The van der Waals surface area contributed by atoms with Crippen LogP contribution in [0.25, 0.3) is 0 Å². The van der Waals surface area contributed by atoms with Crippen molar-refractivity contribution in [3.8, 4) is 0 Å². The molecule has 0 bridgehead atoms. The third kappa shape index (κ3) is 52.5. The second-order valence-electron chi connectivity index (χ2n) is 17.4. The molecular weight excluding hydrogens is 841 g/mol. The first-order valence-electron chi connectivity index (χ1n) is 27.2. The van der Waals surface area contributed by atoms with Crippen molar-refractivity contribution in [2.45, 2.75) is 226 Å². The van der Waals surface area contributed by atoms with Crippen LogP contribution in [0, 0.1) is 0 Å². The smallest absolute Gasteiger partial charge is 0.306 e. The minimum absolute atomic E-state index is 0.109. The van der Waals surface area contributed by atoms with Gasteiger partial charge in [0.1, 0.15) is 13.2 Å². The molecule has 0 spiro atoms. The molecule has 0 aliphatic rings. The van der Waals surface area contributed by atoms with Gasteiger partial charge in [0, 0.05) is 19.3 Å². The largest absolute Gasteiger partial charge is 0.462 e. The molecule has 0 saturated heterocycles. The van der Waals surface area contributed by atoms with Crippen molar-refractivity contribution < 1.29 is 28.6 Å². The summed E-state index contributed by atoms with van der Waals surface area (Å²) in [5, 5.41) is 0. The van der Waals surface area contributed by atoms with Gasteiger partial charge < -0.3 is 14.2 Å². The molecule has 0 aliphatic heterocycles. The summed E-state index contributed by atoms with van der Waals surface area (Å²) in [6.45, 7) is 6.30. The molecule has 0 rings (SSSR count). The molecular formula is C62H98O6. The van der Waals surface area contributed by atoms with Crippen LogP contribution in [0.1, 0.15) is 220 Å². The summed E-state index contributed by atoms with van der Waals surface area (Å²) in [7, 11) is 0. The highest BCUT2D eigenvalue weighted by Crippen LogP contribution is 2.13. The maximum absolute atomic E-state index is 12.8. The van der Waals surface area contributed by atoms with E-state index in [4.69, 9.17) is 14.2 Å². The normalized spacial score (nSPS) is 13.2. The number of carbonyl (C=O) groups excluding carboxylic acids is 3. The standard InChI is InChI=1S/C62H98O6/c1-4-7-10-13-16-19-21-23-25-27-28-29-30-31-32-33-34-36-37-39-41-43-46-49-52-55-61(64)67-58-59(57-66-60(63)54-51-48-45-18-15-12-9-6-3)68-62(65)56-53-50-47-44-42-40-38-35-26-24-22-20-17-14-11-8-5-2/h7-8,10-11,16-17,19-20,23-26,28-29,31-32,34,36,38,40,44,47,59H,4-6,9,12-15,18,21-22,27,30,33,35,37,39,41-43,45-46,48-58H2,1-3H3/b10-7-,11-8-,19-16-,20-17-,25-23-,26-24-,29-28-,32-31-,36-34-,40-38-,47-44-. The maximum Gasteiger partial charge on any atom is 0.306 e. The van der Waals surface area contributed by atoms with E-state index in [9.17, 15) is 14.4 Å². The van der Waals surface area contributed by atoms with Gasteiger partial charge in [0.15, 0.2) is 6.10 Å². The molecule has 0 heterocycles. The van der Waals surface area contributed by atoms with Crippen LogP contribution in [-0.4, -0.2) is 37.2 Å². The van der Waals surface area contributed by atoms with Gasteiger partial charge in [-0.15, -0.1) is 0 Å². The minimum Gasteiger partial charge on any atom is -0.462 e. The quantitative estimate of drug-likeness (QED) is 0.0262. The van der Waals surface area contributed by atoms with Crippen molar-refractivity contribution >= 4 is 17.9 Å². The molecule has 0 amide bonds. The Morgan fingerprint density at radius 2 is 0.588 bits per heavy atom. The van der Waals surface area contributed by atoms with Crippen LogP contribution in [-0.2, 0) is 28.6 Å². The van der Waals surface area contributed by atoms with Gasteiger partial charge in [0.25, 0.3) is 0 Å². The fourth-order valence-electron chi connectivity index (χ4n) is 6.89. The lowest BCUT2D eigenvalue weighted by molar-refractivity contribution is -0.167. The Balaban J connectivity index is 4.38. The monoisotopic (exact) mass is 939 g/mol. The zero-order chi connectivity index (χ0) is 49.3. The Morgan fingerprint density at radius 3 is 0.941 bits per heavy atom. The Morgan fingerprint density at radius 1 is 0.309 bits per heavy atom. The van der Waals surface area contributed by atoms with Crippen molar-refractivity contribution in [3.05, 3.63) is 134 Å². The van der Waals surface area contributed by atoms with E-state index >= 15 is 0 Å². The van der Waals surface area contributed by atoms with E-state index < -0.39 is 6.10 Å². The minimum atomic E-state index is -0.816. The molecule has 382 valence electrons. The lowest BCUT2D eigenvalue weighted by atomic mass is 10.1. The van der Waals surface area contributed by atoms with E-state index in [2.05, 4.69) is 154 Å². The number of hydrogen-bond donors (Lipinski definition) is 0. The number of rotatable bonds is 47. The highest BCUT2D eigenvalue weighted by Gasteiger charge is 2.19. The topological polar surface area (TPSA) is 78.9 Å². The second-order valence-corrected chi connectivity index (χ2v) is 17.4. The molecule has 6 nitrogen and oxygen atoms in total. The van der Waals surface area contributed by atoms with E-state index in [1.807, 2.05) is 0 Å². The number of esters is 3. The maximum atomic E-state index is 12.8. The van der Waals surface area contributed by atoms with Gasteiger partial charge in [-0.25, -0.2) is 0 Å². The number of allylic oxidation sites excluding steroid dienone is 22. The first-order chi connectivity index (χ1) is 33.5. The molecule has 68 heavy (non-hydrogen) atoms. The molecule has 0 aliphatic carbocycles. The number of ether oxygens (including phenoxy) is 3. The first-order valence-corrected chi connectivity index (χ1v) is 27.2. The number of hydrogen-bond acceptors (Lipinski definition) is 6. The summed E-state index contributed by atoms with van der Waals surface area (Å²) in [6, 6.07) is 0. The summed E-state index contributed by atoms with van der Waals surface area (Å²) >= 11 is 0. The summed E-state index contributed by atoms with van der Waals surface area (Å²) in [5.74, 6) is -0.996. The van der Waals surface area contributed by atoms with Crippen molar-refractivity contribution in [1.29, 1.82) is 0 Å². The van der Waals surface area contributed by atoms with Crippen LogP contribution < -0.4 is 0 Å². The third-order valence-electron chi connectivity index (χ3n) is 10.9. The first kappa shape index (κ1) is 63.5. The second kappa shape index (κ2) is 55.1. The zero-order valence-corrected chi connectivity index (χ0v) is 43.6. The van der Waals surface area contributed by atoms with Crippen LogP contribution in [0.15, 0.2) is 134 Å². The SMILES string of the molecule is CC/C=C\C/C=C\C/C=C\C/C=C\C/C=C\C/C=C\CCCCCCCCC(=O)OCC(COC(=O)CCCCCCCCCC)OC(=O)CCC/C=C\C/C=C\C/C=C\C/C=C\C/C=C\CC. The molecule has 1 unspecified atom stereocenters. The summed E-state index contributed by atoms with van der Waals surface area (Å²) in [5.41, 5.74) is 0. The van der Waals surface area contributed by atoms with Crippen molar-refractivity contribution in [2.75, 3.05) is 13.2 Å². The van der Waals surface area contributed by atoms with Gasteiger partial charge >= 0.3 is 17.9 Å². The fourth-order valence-corrected chi connectivity index (χ4v) is 6.89. The molecule has 0 aromatic rings. The lowest BCUT2D eigenvalue weighted by Crippen LogP contribution is -2.30. The molecule has 0 N–H and O–H groups in total. The van der Waals surface area contributed by atoms with Crippen LogP contribution in [0.5, 0.6) is 0 Å². The van der Waals surface area contributed by atoms with Gasteiger partial charge in [-0.3, -0.25) is 14.4 Å². The molecule has 0 aromatic carbocycles. The third-order valence-corrected chi connectivity index (χ3v) is 10.9. The van der Waals surface area contributed by atoms with Gasteiger partial charge in [-0.1, -0.05) is 225 Å². The average molecular weight is 939 g/mol.